The van der Waals surface area contributed by atoms with Crippen molar-refractivity contribution in [2.24, 2.45) is 0 Å². The van der Waals surface area contributed by atoms with Gasteiger partial charge in [0.1, 0.15) is 0 Å². The van der Waals surface area contributed by atoms with Gasteiger partial charge in [0.25, 0.3) is 0 Å². The number of hydrogen-bond acceptors (Lipinski definition) is 0. The summed E-state index contributed by atoms with van der Waals surface area (Å²) >= 11 is 1.64. The van der Waals surface area contributed by atoms with Crippen LogP contribution in [0.1, 0.15) is 1.43 Å². The molecule has 0 saturated heterocycles. The van der Waals surface area contributed by atoms with Crippen LogP contribution in [0.25, 0.3) is 21.5 Å². The van der Waals surface area contributed by atoms with Crippen LogP contribution in [0, 0.1) is 0 Å². The van der Waals surface area contributed by atoms with Gasteiger partial charge in [-0.15, -0.1) is 59.3 Å². The quantitative estimate of drug-likeness (QED) is 0.233. The van der Waals surface area contributed by atoms with Gasteiger partial charge in [-0.2, -0.15) is 35.0 Å². The molecule has 0 bridgehead atoms. The molecule has 0 unspecified atom stereocenters. The molecular formula is C30H25ClSiZr-2. The third kappa shape index (κ3) is 7.24. The van der Waals surface area contributed by atoms with Gasteiger partial charge in [-0.3, -0.25) is 0 Å². The minimum Gasteiger partial charge on any atom is -0.168 e. The van der Waals surface area contributed by atoms with E-state index in [1.54, 1.807) is 23.3 Å². The van der Waals surface area contributed by atoms with Gasteiger partial charge in [-0.05, 0) is 0 Å². The Kier molecular flexibility index (Phi) is 10.1. The first kappa shape index (κ1) is 25.1. The van der Waals surface area contributed by atoms with Crippen LogP contribution in [-0.4, -0.2) is 5.43 Å². The predicted molar refractivity (Wildman–Crippen MR) is 138 cm³/mol. The molecule has 0 aromatic heterocycles. The van der Waals surface area contributed by atoms with E-state index in [0.717, 1.165) is 0 Å². The van der Waals surface area contributed by atoms with Crippen LogP contribution >= 0.6 is 0 Å². The minimum atomic E-state index is -0.455. The molecule has 0 N–H and O–H groups in total. The Hall–Kier alpha value is -2.51. The maximum Gasteiger partial charge on any atom is -0.0809 e. The van der Waals surface area contributed by atoms with Crippen LogP contribution in [0.15, 0.2) is 146 Å². The molecule has 6 rings (SSSR count). The Morgan fingerprint density at radius 1 is 0.485 bits per heavy atom. The molecule has 6 aromatic rings. The maximum absolute atomic E-state index is 2.25. The Balaban J connectivity index is 0.000000181. The summed E-state index contributed by atoms with van der Waals surface area (Å²) in [6, 6.07) is 51.0. The van der Waals surface area contributed by atoms with E-state index >= 15 is 0 Å². The van der Waals surface area contributed by atoms with Crippen molar-refractivity contribution in [3.05, 3.63) is 146 Å². The molecule has 0 amide bonds. The fourth-order valence-corrected chi connectivity index (χ4v) is 7.36. The molecule has 3 heteroatoms. The minimum absolute atomic E-state index is 0. The summed E-state index contributed by atoms with van der Waals surface area (Å²) in [5.74, 6) is 0. The van der Waals surface area contributed by atoms with Gasteiger partial charge < -0.3 is 13.8 Å². The maximum atomic E-state index is 2.25. The van der Waals surface area contributed by atoms with Crippen molar-refractivity contribution in [1.29, 1.82) is 0 Å². The van der Waals surface area contributed by atoms with Crippen LogP contribution in [0.4, 0.5) is 0 Å². The zero-order chi connectivity index (χ0) is 22.0. The molecule has 0 aliphatic heterocycles. The van der Waals surface area contributed by atoms with E-state index < -0.39 is 5.43 Å². The monoisotopic (exact) mass is 538 g/mol. The van der Waals surface area contributed by atoms with Crippen molar-refractivity contribution in [1.82, 2.24) is 0 Å². The molecule has 0 atom stereocenters. The second-order valence-electron chi connectivity index (χ2n) is 7.42. The van der Waals surface area contributed by atoms with Gasteiger partial charge in [0.2, 0.25) is 0 Å². The average Bonchev–Trinajstić information content (AvgIpc) is 3.55. The molecule has 0 aliphatic rings. The number of fused-ring (bicyclic) bond motifs is 2. The van der Waals surface area contributed by atoms with Gasteiger partial charge >= 0.3 is 99.8 Å². The summed E-state index contributed by atoms with van der Waals surface area (Å²) in [5.41, 5.74) is -0.455. The zero-order valence-corrected chi connectivity index (χ0v) is 22.4. The first-order valence-electron chi connectivity index (χ1n) is 10.7. The number of benzene rings is 4. The van der Waals surface area contributed by atoms with Gasteiger partial charge in [0.05, 0.1) is 0 Å². The van der Waals surface area contributed by atoms with E-state index in [-0.39, 0.29) is 13.8 Å². The topological polar surface area (TPSA) is 0 Å². The molecule has 0 heterocycles. The van der Waals surface area contributed by atoms with Crippen molar-refractivity contribution in [3.8, 4) is 0 Å². The van der Waals surface area contributed by atoms with Crippen LogP contribution in [0.5, 0.6) is 0 Å². The molecule has 0 radical (unpaired) electrons. The molecule has 162 valence electrons. The van der Waals surface area contributed by atoms with Crippen LogP contribution in [-0.2, 0) is 23.3 Å². The smallest absolute Gasteiger partial charge is 0.0809 e. The predicted octanol–water partition coefficient (Wildman–Crippen LogP) is 3.57. The third-order valence-electron chi connectivity index (χ3n) is 5.22. The molecule has 6 aromatic carbocycles. The number of rotatable bonds is 2. The van der Waals surface area contributed by atoms with Gasteiger partial charge in [0.15, 0.2) is 0 Å². The van der Waals surface area contributed by atoms with Gasteiger partial charge in [-0.25, -0.2) is 0 Å². The Morgan fingerprint density at radius 3 is 1.24 bits per heavy atom. The second kappa shape index (κ2) is 13.3. The zero-order valence-electron chi connectivity index (χ0n) is 19.2. The van der Waals surface area contributed by atoms with E-state index in [1.165, 1.54) is 31.9 Å². The summed E-state index contributed by atoms with van der Waals surface area (Å²) in [4.78, 5) is 0. The fraction of sp³-hybridized carbons (Fsp3) is 0. The van der Waals surface area contributed by atoms with E-state index in [1.807, 2.05) is 0 Å². The summed E-state index contributed by atoms with van der Waals surface area (Å²) in [6.45, 7) is 0. The Labute approximate surface area is 218 Å². The number of hydrogen-bond donors (Lipinski definition) is 0. The summed E-state index contributed by atoms with van der Waals surface area (Å²) in [7, 11) is 0. The van der Waals surface area contributed by atoms with Crippen molar-refractivity contribution < 1.29 is 37.2 Å². The van der Waals surface area contributed by atoms with Crippen molar-refractivity contribution in [2.75, 3.05) is 0 Å². The number of halogens is 1. The fourth-order valence-electron chi connectivity index (χ4n) is 3.52. The summed E-state index contributed by atoms with van der Waals surface area (Å²) < 4.78 is 0. The normalized spacial score (nSPS) is 9.76. The molecule has 0 aliphatic carbocycles. The van der Waals surface area contributed by atoms with Crippen LogP contribution in [0.2, 0.25) is 0 Å². The van der Waals surface area contributed by atoms with E-state index in [0.29, 0.717) is 0 Å². The van der Waals surface area contributed by atoms with Crippen LogP contribution < -0.4 is 22.8 Å². The first-order chi connectivity index (χ1) is 15.8. The van der Waals surface area contributed by atoms with Gasteiger partial charge in [-0.1, -0.05) is 12.1 Å². The molecule has 0 nitrogen and oxygen atoms in total. The van der Waals surface area contributed by atoms with E-state index in [2.05, 4.69) is 146 Å². The van der Waals surface area contributed by atoms with E-state index in [4.69, 9.17) is 0 Å². The first-order valence-corrected chi connectivity index (χ1v) is 15.9. The largest absolute Gasteiger partial charge is 0.168 e. The standard InChI is InChI=1S/C12H10Si.2C9H7.ClH.Zr.H/c1-3-7-11(8-4-1)13-12-9-5-2-6-10-12;2*1-2-5-9-7-3-6-8(9)4-1;;;/h1-10H;2*1-7H;1H;;/q;2*-1;;+2;-1/p-1. The molecule has 0 spiro atoms. The second-order valence-corrected chi connectivity index (χ2v) is 13.0. The summed E-state index contributed by atoms with van der Waals surface area (Å²) in [5, 5.41) is 8.36. The molecular weight excluding hydrogens is 515 g/mol. The summed E-state index contributed by atoms with van der Waals surface area (Å²) in [6.07, 6.45) is 0. The van der Waals surface area contributed by atoms with Crippen LogP contribution in [0.3, 0.4) is 0 Å². The Morgan fingerprint density at radius 2 is 0.848 bits per heavy atom. The molecule has 0 fully saturated rings. The van der Waals surface area contributed by atoms with Gasteiger partial charge in [0, 0.05) is 0 Å². The third-order valence-corrected chi connectivity index (χ3v) is 11.3. The SMILES string of the molecule is [Cl-].[H-].[Zr+2]=[Si](c1ccccc1)c1ccccc1.c1ccc2[cH-]ccc2c1.c1ccc2[cH-]ccc2c1. The molecule has 0 saturated carbocycles. The average molecular weight is 540 g/mol. The van der Waals surface area contributed by atoms with Crippen molar-refractivity contribution in [3.63, 3.8) is 0 Å². The van der Waals surface area contributed by atoms with Crippen molar-refractivity contribution in [2.45, 2.75) is 0 Å². The van der Waals surface area contributed by atoms with Crippen molar-refractivity contribution >= 4 is 37.4 Å². The molecule has 33 heavy (non-hydrogen) atoms. The van der Waals surface area contributed by atoms with E-state index in [9.17, 15) is 0 Å². The Bertz CT molecular complexity index is 1220.